The van der Waals surface area contributed by atoms with Crippen molar-refractivity contribution in [3.63, 3.8) is 0 Å². The van der Waals surface area contributed by atoms with E-state index in [1.807, 2.05) is 6.07 Å². The molecule has 0 bridgehead atoms. The molecule has 0 unspecified atom stereocenters. The summed E-state index contributed by atoms with van der Waals surface area (Å²) >= 11 is 0. The summed E-state index contributed by atoms with van der Waals surface area (Å²) in [6.45, 7) is 2.64. The fourth-order valence-corrected chi connectivity index (χ4v) is 4.29. The lowest BCUT2D eigenvalue weighted by Crippen LogP contribution is -2.45. The number of rotatable bonds is 4. The molecule has 1 saturated heterocycles. The molecule has 2 aliphatic heterocycles. The van der Waals surface area contributed by atoms with Crippen LogP contribution in [0, 0.1) is 0 Å². The van der Waals surface area contributed by atoms with Gasteiger partial charge >= 0.3 is 6.03 Å². The number of amides is 3. The number of nitrogens with one attached hydrogen (secondary N) is 2. The first kappa shape index (κ1) is 21.2. The minimum atomic E-state index is -0.469. The third kappa shape index (κ3) is 4.99. The molecule has 31 heavy (non-hydrogen) atoms. The van der Waals surface area contributed by atoms with Crippen LogP contribution in [0.2, 0.25) is 0 Å². The van der Waals surface area contributed by atoms with E-state index in [-0.39, 0.29) is 11.9 Å². The first-order chi connectivity index (χ1) is 15.0. The summed E-state index contributed by atoms with van der Waals surface area (Å²) in [6.07, 6.45) is 3.49. The predicted molar refractivity (Wildman–Crippen MR) is 122 cm³/mol. The molecule has 7 heteroatoms. The smallest absolute Gasteiger partial charge is 0.322 e. The number of likely N-dealkylation sites (tertiary alicyclic amines) is 1. The van der Waals surface area contributed by atoms with Crippen LogP contribution in [0.4, 0.5) is 16.2 Å². The second-order valence-electron chi connectivity index (χ2n) is 8.29. The number of carbonyl (C=O) groups excluding carboxylic acids is 2. The Bertz CT molecular complexity index is 944. The van der Waals surface area contributed by atoms with Crippen LogP contribution in [0.1, 0.15) is 24.0 Å². The Labute approximate surface area is 183 Å². The number of ether oxygens (including phenoxy) is 1. The van der Waals surface area contributed by atoms with Crippen LogP contribution in [-0.4, -0.2) is 61.6 Å². The molecule has 0 saturated carbocycles. The molecule has 0 aliphatic carbocycles. The Morgan fingerprint density at radius 3 is 2.39 bits per heavy atom. The van der Waals surface area contributed by atoms with E-state index in [2.05, 4.69) is 34.7 Å². The number of benzene rings is 2. The van der Waals surface area contributed by atoms with E-state index >= 15 is 0 Å². The average Bonchev–Trinajstić information content (AvgIpc) is 3.20. The van der Waals surface area contributed by atoms with E-state index in [1.165, 1.54) is 11.1 Å². The molecule has 0 spiro atoms. The Balaban J connectivity index is 1.40. The Kier molecular flexibility index (Phi) is 6.42. The van der Waals surface area contributed by atoms with Crippen LogP contribution in [0.15, 0.2) is 42.5 Å². The van der Waals surface area contributed by atoms with Gasteiger partial charge in [-0.05, 0) is 80.3 Å². The van der Waals surface area contributed by atoms with Gasteiger partial charge in [-0.25, -0.2) is 4.79 Å². The molecule has 2 aliphatic rings. The van der Waals surface area contributed by atoms with Crippen molar-refractivity contribution in [1.82, 2.24) is 9.80 Å². The summed E-state index contributed by atoms with van der Waals surface area (Å²) in [5.41, 5.74) is 4.12. The molecule has 1 atom stereocenters. The van der Waals surface area contributed by atoms with Crippen molar-refractivity contribution in [2.24, 2.45) is 0 Å². The van der Waals surface area contributed by atoms with E-state index in [1.54, 1.807) is 36.3 Å². The largest absolute Gasteiger partial charge is 0.497 e. The van der Waals surface area contributed by atoms with Crippen LogP contribution in [0.25, 0.3) is 0 Å². The highest BCUT2D eigenvalue weighted by molar-refractivity contribution is 5.99. The van der Waals surface area contributed by atoms with E-state index in [4.69, 9.17) is 4.74 Å². The van der Waals surface area contributed by atoms with Gasteiger partial charge in [-0.3, -0.25) is 4.79 Å². The summed E-state index contributed by atoms with van der Waals surface area (Å²) in [5.74, 6) is 0.594. The number of likely N-dealkylation sites (N-methyl/N-ethyl adjacent to an activating group) is 1. The molecule has 3 amide bonds. The number of urea groups is 1. The SMILES string of the molecule is COc1ccc(NC(=O)N2CCC[C@@H]2C(=O)Nc2ccc3c(c2)CCN(C)CC3)cc1. The van der Waals surface area contributed by atoms with Gasteiger partial charge in [0.15, 0.2) is 0 Å². The number of fused-ring (bicyclic) bond motifs is 1. The number of hydrogen-bond donors (Lipinski definition) is 2. The van der Waals surface area contributed by atoms with E-state index < -0.39 is 6.04 Å². The molecule has 7 nitrogen and oxygen atoms in total. The maximum absolute atomic E-state index is 13.0. The van der Waals surface area contributed by atoms with Gasteiger partial charge in [0.05, 0.1) is 7.11 Å². The second kappa shape index (κ2) is 9.39. The van der Waals surface area contributed by atoms with E-state index in [0.717, 1.165) is 43.8 Å². The number of carbonyl (C=O) groups is 2. The lowest BCUT2D eigenvalue weighted by molar-refractivity contribution is -0.119. The first-order valence-electron chi connectivity index (χ1n) is 10.9. The zero-order chi connectivity index (χ0) is 21.8. The monoisotopic (exact) mass is 422 g/mol. The number of hydrogen-bond acceptors (Lipinski definition) is 4. The lowest BCUT2D eigenvalue weighted by atomic mass is 10.0. The zero-order valence-electron chi connectivity index (χ0n) is 18.2. The standard InChI is InChI=1S/C24H30N4O3/c1-27-14-11-17-5-6-20(16-18(17)12-15-27)25-23(29)22-4-3-13-28(22)24(30)26-19-7-9-21(31-2)10-8-19/h5-10,16,22H,3-4,11-15H2,1-2H3,(H,25,29)(H,26,30)/t22-/m1/s1. The summed E-state index contributed by atoms with van der Waals surface area (Å²) in [7, 11) is 3.74. The summed E-state index contributed by atoms with van der Waals surface area (Å²) in [6, 6.07) is 12.6. The quantitative estimate of drug-likeness (QED) is 0.792. The van der Waals surface area contributed by atoms with Crippen LogP contribution >= 0.6 is 0 Å². The summed E-state index contributed by atoms with van der Waals surface area (Å²) in [5, 5.41) is 5.92. The summed E-state index contributed by atoms with van der Waals surface area (Å²) < 4.78 is 5.15. The van der Waals surface area contributed by atoms with Gasteiger partial charge in [-0.1, -0.05) is 6.07 Å². The summed E-state index contributed by atoms with van der Waals surface area (Å²) in [4.78, 5) is 29.7. The van der Waals surface area contributed by atoms with Gasteiger partial charge < -0.3 is 25.2 Å². The van der Waals surface area contributed by atoms with Gasteiger partial charge in [-0.15, -0.1) is 0 Å². The van der Waals surface area contributed by atoms with Gasteiger partial charge in [-0.2, -0.15) is 0 Å². The molecule has 2 heterocycles. The Morgan fingerprint density at radius 1 is 0.935 bits per heavy atom. The van der Waals surface area contributed by atoms with Gasteiger partial charge in [0, 0.05) is 31.0 Å². The predicted octanol–water partition coefficient (Wildman–Crippen LogP) is 3.36. The minimum Gasteiger partial charge on any atom is -0.497 e. The van der Waals surface area contributed by atoms with E-state index in [9.17, 15) is 9.59 Å². The van der Waals surface area contributed by atoms with Crippen molar-refractivity contribution in [3.8, 4) is 5.75 Å². The first-order valence-corrected chi connectivity index (χ1v) is 10.9. The van der Waals surface area contributed by atoms with E-state index in [0.29, 0.717) is 18.7 Å². The molecule has 2 N–H and O–H groups in total. The van der Waals surface area contributed by atoms with Gasteiger partial charge in [0.25, 0.3) is 0 Å². The number of nitrogens with zero attached hydrogens (tertiary/aromatic N) is 2. The molecule has 2 aromatic rings. The highest BCUT2D eigenvalue weighted by Crippen LogP contribution is 2.24. The van der Waals surface area contributed by atoms with Gasteiger partial charge in [0.1, 0.15) is 11.8 Å². The molecule has 2 aromatic carbocycles. The van der Waals surface area contributed by atoms with Crippen molar-refractivity contribution >= 4 is 23.3 Å². The lowest BCUT2D eigenvalue weighted by Gasteiger charge is -2.24. The molecule has 1 fully saturated rings. The second-order valence-corrected chi connectivity index (χ2v) is 8.29. The minimum absolute atomic E-state index is 0.131. The molecule has 164 valence electrons. The highest BCUT2D eigenvalue weighted by atomic mass is 16.5. The van der Waals surface area contributed by atoms with Crippen LogP contribution in [0.5, 0.6) is 5.75 Å². The molecule has 0 aromatic heterocycles. The molecular formula is C24H30N4O3. The Hall–Kier alpha value is -3.06. The topological polar surface area (TPSA) is 73.9 Å². The average molecular weight is 423 g/mol. The van der Waals surface area contributed by atoms with Crippen molar-refractivity contribution in [3.05, 3.63) is 53.6 Å². The Morgan fingerprint density at radius 2 is 1.65 bits per heavy atom. The number of anilines is 2. The third-order valence-electron chi connectivity index (χ3n) is 6.16. The molecule has 4 rings (SSSR count). The van der Waals surface area contributed by atoms with Crippen molar-refractivity contribution < 1.29 is 14.3 Å². The normalized spacial score (nSPS) is 18.8. The zero-order valence-corrected chi connectivity index (χ0v) is 18.2. The highest BCUT2D eigenvalue weighted by Gasteiger charge is 2.34. The molecular weight excluding hydrogens is 392 g/mol. The maximum Gasteiger partial charge on any atom is 0.322 e. The van der Waals surface area contributed by atoms with Crippen molar-refractivity contribution in [2.45, 2.75) is 31.7 Å². The van der Waals surface area contributed by atoms with Crippen LogP contribution < -0.4 is 15.4 Å². The fourth-order valence-electron chi connectivity index (χ4n) is 4.29. The van der Waals surface area contributed by atoms with Crippen molar-refractivity contribution in [1.29, 1.82) is 0 Å². The van der Waals surface area contributed by atoms with Crippen molar-refractivity contribution in [2.75, 3.05) is 44.4 Å². The van der Waals surface area contributed by atoms with Crippen LogP contribution in [0.3, 0.4) is 0 Å². The maximum atomic E-state index is 13.0. The third-order valence-corrected chi connectivity index (χ3v) is 6.16. The molecule has 0 radical (unpaired) electrons. The number of methoxy groups -OCH3 is 1. The van der Waals surface area contributed by atoms with Gasteiger partial charge in [0.2, 0.25) is 5.91 Å². The fraction of sp³-hybridized carbons (Fsp3) is 0.417. The van der Waals surface area contributed by atoms with Crippen LogP contribution in [-0.2, 0) is 17.6 Å².